The van der Waals surface area contributed by atoms with Crippen LogP contribution in [0.25, 0.3) is 0 Å². The molecular weight excluding hydrogens is 1570 g/mol. The van der Waals surface area contributed by atoms with Crippen LogP contribution >= 0.6 is 0 Å². The van der Waals surface area contributed by atoms with Gasteiger partial charge < -0.3 is 90.0 Å². The van der Waals surface area contributed by atoms with E-state index in [0.717, 1.165) is 103 Å². The minimum atomic E-state index is -1.49. The Morgan fingerprint density at radius 1 is 0.218 bits per heavy atom. The topological polar surface area (TPSA) is 466 Å². The number of terminal acetylenes is 1. The molecule has 0 aliphatic rings. The van der Waals surface area contributed by atoms with Crippen LogP contribution in [-0.4, -0.2) is 240 Å². The van der Waals surface area contributed by atoms with Gasteiger partial charge in [-0.3, -0.25) is 0 Å². The van der Waals surface area contributed by atoms with Crippen molar-refractivity contribution in [1.82, 2.24) is 0 Å². The van der Waals surface area contributed by atoms with Gasteiger partial charge in [0, 0.05) is 106 Å². The van der Waals surface area contributed by atoms with Gasteiger partial charge in [0.15, 0.2) is 0 Å². The van der Waals surface area contributed by atoms with Crippen LogP contribution in [0.1, 0.15) is 23.1 Å². The van der Waals surface area contributed by atoms with Crippen LogP contribution in [-0.2, 0) is 172 Å². The first-order chi connectivity index (χ1) is 56.3. The lowest BCUT2D eigenvalue weighted by Gasteiger charge is -2.35. The molecule has 36 nitrogen and oxygen atoms in total. The highest BCUT2D eigenvalue weighted by Gasteiger charge is 2.42. The lowest BCUT2D eigenvalue weighted by Crippen LogP contribution is -2.47. The van der Waals surface area contributed by atoms with Gasteiger partial charge in [0.25, 0.3) is 0 Å². The van der Waals surface area contributed by atoms with Crippen molar-refractivity contribution in [2.75, 3.05) is 139 Å². The molecule has 0 amide bonds. The summed E-state index contributed by atoms with van der Waals surface area (Å²) in [6.07, 6.45) is 22.0. The Bertz CT molecular complexity index is 3310. The molecule has 0 N–H and O–H groups in total. The smallest absolute Gasteiger partial charge is 0.330 e. The Kier molecular flexibility index (Phi) is 59.3. The zero-order valence-corrected chi connectivity index (χ0v) is 66.7. The first-order valence-electron chi connectivity index (χ1n) is 34.4. The number of ether oxygens (including phenoxy) is 19. The predicted molar refractivity (Wildman–Crippen MR) is 425 cm³/mol. The van der Waals surface area contributed by atoms with Crippen molar-refractivity contribution in [1.29, 1.82) is 0 Å². The molecular formula is C83H106O36. The molecule has 0 spiro atoms. The highest BCUT2D eigenvalue weighted by Crippen LogP contribution is 2.29. The first-order valence-corrected chi connectivity index (χ1v) is 34.4. The Morgan fingerprint density at radius 3 is 0.504 bits per heavy atom. The Hall–Kier alpha value is -14.0. The first kappa shape index (κ1) is 111. The summed E-state index contributed by atoms with van der Waals surface area (Å²) < 4.78 is 97.3. The Labute approximate surface area is 692 Å². The fourth-order valence-electron chi connectivity index (χ4n) is 7.36. The largest absolute Gasteiger partial charge is 0.462 e. The molecule has 0 unspecified atom stereocenters. The number of rotatable bonds is 60. The second-order valence-electron chi connectivity index (χ2n) is 24.4. The lowest BCUT2D eigenvalue weighted by atomic mass is 9.88. The third-order valence-corrected chi connectivity index (χ3v) is 14.4. The zero-order chi connectivity index (χ0) is 91.5. The van der Waals surface area contributed by atoms with Crippen LogP contribution < -0.4 is 0 Å². The highest BCUT2D eigenvalue weighted by atomic mass is 16.6. The molecule has 654 valence electrons. The van der Waals surface area contributed by atoms with E-state index in [1.807, 2.05) is 0 Å². The molecule has 0 aliphatic carbocycles. The van der Waals surface area contributed by atoms with Crippen molar-refractivity contribution in [2.24, 2.45) is 32.5 Å². The van der Waals surface area contributed by atoms with Crippen molar-refractivity contribution in [3.05, 3.63) is 215 Å². The zero-order valence-electron chi connectivity index (χ0n) is 66.7. The fourth-order valence-corrected chi connectivity index (χ4v) is 7.36. The van der Waals surface area contributed by atoms with Gasteiger partial charge in [-0.1, -0.05) is 132 Å². The van der Waals surface area contributed by atoms with E-state index in [2.05, 4.69) is 118 Å². The van der Waals surface area contributed by atoms with E-state index >= 15 is 0 Å². The third kappa shape index (κ3) is 52.2. The van der Waals surface area contributed by atoms with Gasteiger partial charge in [0.1, 0.15) is 123 Å². The van der Waals surface area contributed by atoms with E-state index in [1.165, 1.54) is 0 Å². The van der Waals surface area contributed by atoms with E-state index in [1.54, 1.807) is 13.8 Å². The normalized spacial score (nSPS) is 10.4. The predicted octanol–water partition coefficient (Wildman–Crippen LogP) is 5.85. The van der Waals surface area contributed by atoms with Crippen LogP contribution in [0.2, 0.25) is 0 Å². The molecule has 119 heavy (non-hydrogen) atoms. The van der Waals surface area contributed by atoms with E-state index in [0.29, 0.717) is 6.42 Å². The lowest BCUT2D eigenvalue weighted by molar-refractivity contribution is -0.171. The average Bonchev–Trinajstić information content (AvgIpc) is 0.843. The fraction of sp³-hybridized carbons (Fsp3) is 0.361. The molecule has 0 fully saturated rings. The maximum atomic E-state index is 11.8. The standard InChI is InChI=1S/C28H34O13.C23H28O9.C17H20O8.C15H20O6.2H2/c1-7-21(29)36-15-27(16-37-22(30)8-2,17-38-23(31)9-3)13-35-14-28(18-39-24(32)10-4,19-40-25(33)11-5)20-41-26(34)12-6;1-7-18(24)29-13-22(6,14-30-19(25)8-2)12-28-15-23(11-5,16-31-20(26)9-3)17-32-21(27)10-4;1-5-13(18)22-9-17(10-23-14(19)6-2,11-24-15(20)7-3)12-25-16(21)8-4;1-5-12(16)19-9-15(8-4,10-20-13(17)6-2)11-21-14(18)7-3;;/h7-12H,1-6,13-20H2;5,7-10H,1-4,12-17H2,6H3;5-8H,1-4,9-12H2;5-7H,1-3,8-11H2,4H3;2*1H. The molecule has 0 bridgehead atoms. The maximum absolute atomic E-state index is 11.8. The monoisotopic (exact) mass is 1680 g/mol. The van der Waals surface area contributed by atoms with Gasteiger partial charge in [-0.2, -0.15) is 0 Å². The number of esters is 17. The molecule has 0 aliphatic heterocycles. The van der Waals surface area contributed by atoms with E-state index < -0.39 is 187 Å². The minimum Gasteiger partial charge on any atom is -0.462 e. The van der Waals surface area contributed by atoms with Crippen LogP contribution in [0.3, 0.4) is 0 Å². The third-order valence-electron chi connectivity index (χ3n) is 14.4. The van der Waals surface area contributed by atoms with Crippen molar-refractivity contribution in [3.8, 4) is 12.3 Å². The quantitative estimate of drug-likeness (QED) is 0.0298. The number of hydrogen-bond donors (Lipinski definition) is 0. The molecule has 0 rings (SSSR count). The van der Waals surface area contributed by atoms with E-state index in [4.69, 9.17) is 96.4 Å². The summed E-state index contributed by atoms with van der Waals surface area (Å²) in [5, 5.41) is 0. The highest BCUT2D eigenvalue weighted by molar-refractivity contribution is 5.87. The van der Waals surface area contributed by atoms with Crippen LogP contribution in [0, 0.1) is 44.8 Å². The van der Waals surface area contributed by atoms with Crippen molar-refractivity contribution in [2.45, 2.75) is 20.3 Å². The summed E-state index contributed by atoms with van der Waals surface area (Å²) in [5.74, 6) is -10.2. The summed E-state index contributed by atoms with van der Waals surface area (Å²) in [5.41, 5.74) is -7.45. The second-order valence-corrected chi connectivity index (χ2v) is 24.4. The van der Waals surface area contributed by atoms with Crippen LogP contribution in [0.15, 0.2) is 215 Å². The Morgan fingerprint density at radius 2 is 0.353 bits per heavy atom. The number of carbonyl (C=O) groups is 17. The van der Waals surface area contributed by atoms with Crippen LogP contribution in [0.4, 0.5) is 0 Å². The summed E-state index contributed by atoms with van der Waals surface area (Å²) in [4.78, 5) is 196. The number of carbonyl (C=O) groups excluding carboxylic acids is 17. The molecule has 0 aromatic rings. The van der Waals surface area contributed by atoms with Gasteiger partial charge in [-0.05, 0) is 6.42 Å². The van der Waals surface area contributed by atoms with Crippen LogP contribution in [0.5, 0.6) is 0 Å². The summed E-state index contributed by atoms with van der Waals surface area (Å²) >= 11 is 0. The molecule has 36 heteroatoms. The molecule has 0 aromatic heterocycles. The van der Waals surface area contributed by atoms with Crippen molar-refractivity contribution < 1.29 is 174 Å². The maximum Gasteiger partial charge on any atom is 0.330 e. The molecule has 0 saturated carbocycles. The molecule has 0 atom stereocenters. The summed E-state index contributed by atoms with van der Waals surface area (Å²) in [6.45, 7) is 52.6. The molecule has 0 aromatic carbocycles. The van der Waals surface area contributed by atoms with E-state index in [9.17, 15) is 81.5 Å². The molecule has 0 saturated heterocycles. The van der Waals surface area contributed by atoms with Gasteiger partial charge in [0.05, 0.1) is 48.1 Å². The average molecular weight is 1680 g/mol. The van der Waals surface area contributed by atoms with Gasteiger partial charge in [-0.25, -0.2) is 81.5 Å². The minimum absolute atomic E-state index is 0. The SMILES string of the molecule is C#CC(COCC(C)(COC(=O)C=C)COC(=O)C=C)(COC(=O)C=C)COC(=O)C=C.C=CC(=O)OCC(CC)(COC(=O)C=C)COC(=O)C=C.C=CC(=O)OCC(COC(=O)C=C)(COC(=O)C=C)COC(=O)C=C.C=CC(=O)OCC(COCC(COC(=O)C=C)(COC(=O)C=C)COC(=O)C=C)(COC(=O)C=C)COC(=O)C=C.[HH].[HH]. The second kappa shape index (κ2) is 63.4. The van der Waals surface area contributed by atoms with Gasteiger partial charge in [-0.15, -0.1) is 6.42 Å². The van der Waals surface area contributed by atoms with Crippen molar-refractivity contribution >= 4 is 101 Å². The molecule has 0 heterocycles. The van der Waals surface area contributed by atoms with E-state index in [-0.39, 0.29) is 88.7 Å². The molecule has 0 radical (unpaired) electrons. The van der Waals surface area contributed by atoms with Crippen molar-refractivity contribution in [3.63, 3.8) is 0 Å². The van der Waals surface area contributed by atoms with Gasteiger partial charge >= 0.3 is 101 Å². The van der Waals surface area contributed by atoms with Gasteiger partial charge in [0.2, 0.25) is 0 Å². The number of hydrogen-bond acceptors (Lipinski definition) is 36. The Balaban J connectivity index is -0.000000373. The summed E-state index contributed by atoms with van der Waals surface area (Å²) in [6, 6.07) is 0. The summed E-state index contributed by atoms with van der Waals surface area (Å²) in [7, 11) is 0.